The average Bonchev–Trinajstić information content (AvgIpc) is 2.55. The van der Waals surface area contributed by atoms with Gasteiger partial charge in [-0.1, -0.05) is 51.4 Å². The summed E-state index contributed by atoms with van der Waals surface area (Å²) in [6.07, 6.45) is 0.466. The molecular weight excluding hydrogens is 356 g/mol. The number of benzene rings is 1. The zero-order valence-corrected chi connectivity index (χ0v) is 16.3. The topological polar surface area (TPSA) is 95.5 Å². The molecule has 2 amide bonds. The maximum atomic E-state index is 12.5. The fourth-order valence-corrected chi connectivity index (χ4v) is 2.80. The Balaban J connectivity index is 2.77. The van der Waals surface area contributed by atoms with E-state index in [1.807, 2.05) is 13.8 Å². The lowest BCUT2D eigenvalue weighted by Gasteiger charge is -2.23. The summed E-state index contributed by atoms with van der Waals surface area (Å²) in [5, 5.41) is 14.9. The lowest BCUT2D eigenvalue weighted by atomic mass is 9.96. The van der Waals surface area contributed by atoms with E-state index >= 15 is 0 Å². The van der Waals surface area contributed by atoms with Crippen LogP contribution in [0.25, 0.3) is 0 Å². The number of hydrogen-bond acceptors (Lipinski definition) is 3. The molecule has 0 aromatic heterocycles. The molecule has 0 saturated carbocycles. The Morgan fingerprint density at radius 1 is 1.12 bits per heavy atom. The van der Waals surface area contributed by atoms with Crippen LogP contribution < -0.4 is 10.6 Å². The van der Waals surface area contributed by atoms with Crippen molar-refractivity contribution in [2.75, 3.05) is 6.54 Å². The van der Waals surface area contributed by atoms with Crippen LogP contribution in [0.15, 0.2) is 24.3 Å². The largest absolute Gasteiger partial charge is 0.481 e. The highest BCUT2D eigenvalue weighted by atomic mass is 35.5. The van der Waals surface area contributed by atoms with Crippen molar-refractivity contribution in [1.82, 2.24) is 10.6 Å². The van der Waals surface area contributed by atoms with Gasteiger partial charge >= 0.3 is 5.97 Å². The number of carboxylic acid groups (broad SMARTS) is 1. The van der Waals surface area contributed by atoms with Gasteiger partial charge in [-0.15, -0.1) is 0 Å². The number of aliphatic carboxylic acids is 1. The van der Waals surface area contributed by atoms with Gasteiger partial charge in [-0.2, -0.15) is 0 Å². The van der Waals surface area contributed by atoms with Crippen LogP contribution in [0.2, 0.25) is 5.02 Å². The van der Waals surface area contributed by atoms with Gasteiger partial charge in [0.1, 0.15) is 6.04 Å². The van der Waals surface area contributed by atoms with E-state index in [-0.39, 0.29) is 23.9 Å². The van der Waals surface area contributed by atoms with E-state index < -0.39 is 29.7 Å². The number of halogens is 1. The molecule has 0 fully saturated rings. The van der Waals surface area contributed by atoms with Crippen molar-refractivity contribution in [1.29, 1.82) is 0 Å². The minimum Gasteiger partial charge on any atom is -0.481 e. The third-order valence-electron chi connectivity index (χ3n) is 3.98. The molecule has 1 aromatic carbocycles. The maximum absolute atomic E-state index is 12.5. The molecule has 0 bridgehead atoms. The summed E-state index contributed by atoms with van der Waals surface area (Å²) in [4.78, 5) is 36.2. The van der Waals surface area contributed by atoms with Crippen molar-refractivity contribution in [3.05, 3.63) is 34.9 Å². The van der Waals surface area contributed by atoms with Gasteiger partial charge in [0.05, 0.1) is 16.5 Å². The monoisotopic (exact) mass is 382 g/mol. The van der Waals surface area contributed by atoms with Crippen LogP contribution in [0.5, 0.6) is 0 Å². The predicted octanol–water partition coefficient (Wildman–Crippen LogP) is 2.96. The summed E-state index contributed by atoms with van der Waals surface area (Å²) in [6, 6.07) is 5.80. The van der Waals surface area contributed by atoms with Crippen molar-refractivity contribution in [3.8, 4) is 0 Å². The highest BCUT2D eigenvalue weighted by Crippen LogP contribution is 2.16. The van der Waals surface area contributed by atoms with Crippen molar-refractivity contribution in [2.45, 2.75) is 40.2 Å². The zero-order valence-electron chi connectivity index (χ0n) is 15.6. The molecule has 0 aliphatic heterocycles. The Hall–Kier alpha value is -2.08. The molecule has 2 unspecified atom stereocenters. The van der Waals surface area contributed by atoms with Crippen LogP contribution in [-0.2, 0) is 9.59 Å². The molecule has 2 atom stereocenters. The molecule has 0 aliphatic rings. The van der Waals surface area contributed by atoms with Gasteiger partial charge < -0.3 is 15.7 Å². The lowest BCUT2D eigenvalue weighted by Crippen LogP contribution is -2.51. The smallest absolute Gasteiger partial charge is 0.308 e. The van der Waals surface area contributed by atoms with Crippen molar-refractivity contribution >= 4 is 29.4 Å². The molecule has 0 aliphatic carbocycles. The first kappa shape index (κ1) is 22.0. The van der Waals surface area contributed by atoms with E-state index in [9.17, 15) is 19.5 Å². The van der Waals surface area contributed by atoms with E-state index in [4.69, 9.17) is 11.6 Å². The van der Waals surface area contributed by atoms with E-state index in [0.717, 1.165) is 0 Å². The highest BCUT2D eigenvalue weighted by molar-refractivity contribution is 6.33. The Bertz CT molecular complexity index is 646. The second kappa shape index (κ2) is 10.2. The molecule has 0 saturated heterocycles. The average molecular weight is 383 g/mol. The number of rotatable bonds is 9. The fraction of sp³-hybridized carbons (Fsp3) is 0.526. The first-order valence-corrected chi connectivity index (χ1v) is 9.07. The van der Waals surface area contributed by atoms with E-state index in [0.29, 0.717) is 11.4 Å². The third kappa shape index (κ3) is 6.67. The summed E-state index contributed by atoms with van der Waals surface area (Å²) in [7, 11) is 0. The van der Waals surface area contributed by atoms with Gasteiger partial charge in [0, 0.05) is 6.54 Å². The number of nitrogens with one attached hydrogen (secondary N) is 2. The van der Waals surface area contributed by atoms with Gasteiger partial charge in [0.25, 0.3) is 5.91 Å². The zero-order chi connectivity index (χ0) is 19.9. The van der Waals surface area contributed by atoms with Crippen LogP contribution in [0.3, 0.4) is 0 Å². The molecule has 7 heteroatoms. The quantitative estimate of drug-likeness (QED) is 0.611. The van der Waals surface area contributed by atoms with E-state index in [1.165, 1.54) is 0 Å². The standard InChI is InChI=1S/C19H27ClN2O4/c1-11(2)9-13(19(25)26)10-21-18(24)16(12(3)4)22-17(23)14-7-5-6-8-15(14)20/h5-8,11-13,16H,9-10H2,1-4H3,(H,21,24)(H,22,23)(H,25,26). The number of hydrogen-bond donors (Lipinski definition) is 3. The van der Waals surface area contributed by atoms with Gasteiger partial charge in [-0.3, -0.25) is 14.4 Å². The molecular formula is C19H27ClN2O4. The van der Waals surface area contributed by atoms with E-state index in [1.54, 1.807) is 38.1 Å². The highest BCUT2D eigenvalue weighted by Gasteiger charge is 2.27. The summed E-state index contributed by atoms with van der Waals surface area (Å²) in [6.45, 7) is 7.49. The van der Waals surface area contributed by atoms with Gasteiger partial charge in [0.2, 0.25) is 5.91 Å². The molecule has 0 spiro atoms. The lowest BCUT2D eigenvalue weighted by molar-refractivity contribution is -0.142. The van der Waals surface area contributed by atoms with E-state index in [2.05, 4.69) is 10.6 Å². The van der Waals surface area contributed by atoms with Crippen molar-refractivity contribution < 1.29 is 19.5 Å². The number of carboxylic acids is 1. The molecule has 26 heavy (non-hydrogen) atoms. The summed E-state index contributed by atoms with van der Waals surface area (Å²) in [5.74, 6) is -2.42. The Kier molecular flexibility index (Phi) is 8.58. The molecule has 144 valence electrons. The number of carbonyl (C=O) groups excluding carboxylic acids is 2. The van der Waals surface area contributed by atoms with Crippen LogP contribution in [0.1, 0.15) is 44.5 Å². The molecule has 1 aromatic rings. The SMILES string of the molecule is CC(C)CC(CNC(=O)C(NC(=O)c1ccccc1Cl)C(C)C)C(=O)O. The second-order valence-corrected chi connectivity index (χ2v) is 7.49. The predicted molar refractivity (Wildman–Crippen MR) is 101 cm³/mol. The first-order chi connectivity index (χ1) is 12.1. The summed E-state index contributed by atoms with van der Waals surface area (Å²) >= 11 is 6.02. The van der Waals surface area contributed by atoms with Gasteiger partial charge in [-0.25, -0.2) is 0 Å². The normalized spacial score (nSPS) is 13.3. The number of amides is 2. The number of carbonyl (C=O) groups is 3. The van der Waals surface area contributed by atoms with Crippen molar-refractivity contribution in [3.63, 3.8) is 0 Å². The van der Waals surface area contributed by atoms with Gasteiger partial charge in [-0.05, 0) is 30.4 Å². The second-order valence-electron chi connectivity index (χ2n) is 7.08. The minimum atomic E-state index is -0.944. The third-order valence-corrected chi connectivity index (χ3v) is 4.31. The molecule has 0 heterocycles. The fourth-order valence-electron chi connectivity index (χ4n) is 2.57. The maximum Gasteiger partial charge on any atom is 0.308 e. The minimum absolute atomic E-state index is 0.0253. The first-order valence-electron chi connectivity index (χ1n) is 8.69. The molecule has 3 N–H and O–H groups in total. The van der Waals surface area contributed by atoms with Crippen LogP contribution in [-0.4, -0.2) is 35.5 Å². The van der Waals surface area contributed by atoms with Crippen LogP contribution in [0, 0.1) is 17.8 Å². The summed E-state index contributed by atoms with van der Waals surface area (Å²) < 4.78 is 0. The Labute approximate surface area is 159 Å². The Morgan fingerprint density at radius 2 is 1.73 bits per heavy atom. The Morgan fingerprint density at radius 3 is 2.23 bits per heavy atom. The molecule has 6 nitrogen and oxygen atoms in total. The van der Waals surface area contributed by atoms with Crippen LogP contribution in [0.4, 0.5) is 0 Å². The summed E-state index contributed by atoms with van der Waals surface area (Å²) in [5.41, 5.74) is 0.288. The van der Waals surface area contributed by atoms with Crippen molar-refractivity contribution in [2.24, 2.45) is 17.8 Å². The molecule has 1 rings (SSSR count). The van der Waals surface area contributed by atoms with Gasteiger partial charge in [0.15, 0.2) is 0 Å². The van der Waals surface area contributed by atoms with Crippen LogP contribution >= 0.6 is 11.6 Å². The molecule has 0 radical (unpaired) electrons.